The van der Waals surface area contributed by atoms with E-state index in [-0.39, 0.29) is 13.2 Å². The van der Waals surface area contributed by atoms with Crippen LogP contribution in [0.1, 0.15) is 12.6 Å². The molecule has 0 aliphatic carbocycles. The number of nitriles is 1. The lowest BCUT2D eigenvalue weighted by atomic mass is 10.2. The molecule has 6 heteroatoms. The smallest absolute Gasteiger partial charge is 0.325 e. The number of aromatic nitrogens is 1. The molecule has 98 valence electrons. The summed E-state index contributed by atoms with van der Waals surface area (Å²) in [5.41, 5.74) is 0.908. The highest BCUT2D eigenvalue weighted by molar-refractivity contribution is 6.45. The fourth-order valence-electron chi connectivity index (χ4n) is 1.88. The lowest BCUT2D eigenvalue weighted by molar-refractivity contribution is -0.143. The third kappa shape index (κ3) is 2.53. The summed E-state index contributed by atoms with van der Waals surface area (Å²) in [6.07, 6.45) is 0. The first kappa shape index (κ1) is 13.7. The van der Waals surface area contributed by atoms with Crippen LogP contribution < -0.4 is 0 Å². The highest BCUT2D eigenvalue weighted by Crippen LogP contribution is 2.32. The van der Waals surface area contributed by atoms with Crippen molar-refractivity contribution >= 4 is 40.1 Å². The minimum atomic E-state index is -0.424. The molecule has 1 aromatic heterocycles. The summed E-state index contributed by atoms with van der Waals surface area (Å²) in [6, 6.07) is 7.11. The molecular formula is C13H10Cl2N2O2. The van der Waals surface area contributed by atoms with Gasteiger partial charge in [0.05, 0.1) is 22.2 Å². The molecule has 2 aromatic rings. The molecule has 0 radical (unpaired) electrons. The highest BCUT2D eigenvalue weighted by atomic mass is 35.5. The van der Waals surface area contributed by atoms with Gasteiger partial charge in [0, 0.05) is 5.39 Å². The van der Waals surface area contributed by atoms with Crippen LogP contribution in [0.25, 0.3) is 10.9 Å². The second kappa shape index (κ2) is 5.52. The zero-order valence-corrected chi connectivity index (χ0v) is 11.6. The summed E-state index contributed by atoms with van der Waals surface area (Å²) in [6.45, 7) is 1.94. The van der Waals surface area contributed by atoms with Crippen molar-refractivity contribution in [3.8, 4) is 6.07 Å². The number of benzene rings is 1. The monoisotopic (exact) mass is 296 g/mol. The summed E-state index contributed by atoms with van der Waals surface area (Å²) in [5.74, 6) is -0.424. The van der Waals surface area contributed by atoms with Gasteiger partial charge in [0.2, 0.25) is 0 Å². The van der Waals surface area contributed by atoms with E-state index in [1.807, 2.05) is 6.07 Å². The third-order valence-electron chi connectivity index (χ3n) is 2.66. The van der Waals surface area contributed by atoms with Crippen molar-refractivity contribution in [3.63, 3.8) is 0 Å². The molecule has 0 unspecified atom stereocenters. The van der Waals surface area contributed by atoms with Crippen molar-refractivity contribution in [1.82, 2.24) is 4.57 Å². The van der Waals surface area contributed by atoms with E-state index in [4.69, 9.17) is 33.2 Å². The Balaban J connectivity index is 2.60. The first-order valence-electron chi connectivity index (χ1n) is 5.61. The molecule has 0 saturated heterocycles. The van der Waals surface area contributed by atoms with Crippen molar-refractivity contribution in [2.45, 2.75) is 13.5 Å². The molecule has 2 rings (SSSR count). The van der Waals surface area contributed by atoms with Crippen LogP contribution in [0.15, 0.2) is 18.2 Å². The maximum atomic E-state index is 11.6. The molecule has 0 bridgehead atoms. The van der Waals surface area contributed by atoms with Gasteiger partial charge in [-0.25, -0.2) is 0 Å². The lowest BCUT2D eigenvalue weighted by Gasteiger charge is -2.08. The van der Waals surface area contributed by atoms with Gasteiger partial charge in [0.25, 0.3) is 0 Å². The van der Waals surface area contributed by atoms with E-state index in [9.17, 15) is 4.79 Å². The molecule has 0 aliphatic heterocycles. The Morgan fingerprint density at radius 1 is 1.47 bits per heavy atom. The number of fused-ring (bicyclic) bond motifs is 1. The second-order valence-electron chi connectivity index (χ2n) is 3.83. The summed E-state index contributed by atoms with van der Waals surface area (Å²) in [7, 11) is 0. The molecule has 0 spiro atoms. The molecule has 0 N–H and O–H groups in total. The van der Waals surface area contributed by atoms with Crippen LogP contribution in [-0.4, -0.2) is 17.1 Å². The number of ether oxygens (including phenoxy) is 1. The molecule has 1 heterocycles. The number of carbonyl (C=O) groups is 1. The number of hydrogen-bond acceptors (Lipinski definition) is 3. The van der Waals surface area contributed by atoms with E-state index in [0.29, 0.717) is 21.3 Å². The van der Waals surface area contributed by atoms with E-state index in [2.05, 4.69) is 0 Å². The molecule has 0 fully saturated rings. The van der Waals surface area contributed by atoms with Gasteiger partial charge in [0.1, 0.15) is 18.3 Å². The van der Waals surface area contributed by atoms with E-state index >= 15 is 0 Å². The third-order valence-corrected chi connectivity index (χ3v) is 3.45. The minimum Gasteiger partial charge on any atom is -0.465 e. The SMILES string of the molecule is CCOC(=O)Cn1c(C#N)cc2ccc(Cl)c(Cl)c21. The van der Waals surface area contributed by atoms with Gasteiger partial charge in [0.15, 0.2) is 0 Å². The number of rotatable bonds is 3. The standard InChI is InChI=1S/C13H10Cl2N2O2/c1-2-19-11(18)7-17-9(6-16)5-8-3-4-10(14)12(15)13(8)17/h3-5H,2,7H2,1H3. The normalized spacial score (nSPS) is 10.4. The average molecular weight is 297 g/mol. The first-order valence-corrected chi connectivity index (χ1v) is 6.37. The van der Waals surface area contributed by atoms with Gasteiger partial charge in [-0.3, -0.25) is 4.79 Å². The van der Waals surface area contributed by atoms with Crippen LogP contribution in [0.5, 0.6) is 0 Å². The van der Waals surface area contributed by atoms with Crippen LogP contribution in [0.2, 0.25) is 10.0 Å². The molecule has 19 heavy (non-hydrogen) atoms. The van der Waals surface area contributed by atoms with Gasteiger partial charge in [-0.2, -0.15) is 5.26 Å². The van der Waals surface area contributed by atoms with Crippen molar-refractivity contribution in [2.24, 2.45) is 0 Å². The summed E-state index contributed by atoms with van der Waals surface area (Å²) < 4.78 is 6.40. The Labute approximate surface area is 120 Å². The molecule has 1 aromatic carbocycles. The Kier molecular flexibility index (Phi) is 3.98. The van der Waals surface area contributed by atoms with Crippen molar-refractivity contribution in [2.75, 3.05) is 6.61 Å². The average Bonchev–Trinajstić information content (AvgIpc) is 2.73. The van der Waals surface area contributed by atoms with Gasteiger partial charge in [-0.1, -0.05) is 29.3 Å². The number of nitrogens with zero attached hydrogens (tertiary/aromatic N) is 2. The summed E-state index contributed by atoms with van der Waals surface area (Å²) in [4.78, 5) is 11.6. The molecule has 4 nitrogen and oxygen atoms in total. The van der Waals surface area contributed by atoms with E-state index in [0.717, 1.165) is 5.39 Å². The fourth-order valence-corrected chi connectivity index (χ4v) is 2.31. The number of hydrogen-bond donors (Lipinski definition) is 0. The van der Waals surface area contributed by atoms with Crippen LogP contribution >= 0.6 is 23.2 Å². The zero-order valence-electron chi connectivity index (χ0n) is 10.1. The Hall–Kier alpha value is -1.70. The second-order valence-corrected chi connectivity index (χ2v) is 4.62. The minimum absolute atomic E-state index is 0.0692. The quantitative estimate of drug-likeness (QED) is 0.816. The van der Waals surface area contributed by atoms with Gasteiger partial charge >= 0.3 is 5.97 Å². The van der Waals surface area contributed by atoms with Crippen LogP contribution in [-0.2, 0) is 16.1 Å². The van der Waals surface area contributed by atoms with Crippen molar-refractivity contribution in [1.29, 1.82) is 5.26 Å². The maximum Gasteiger partial charge on any atom is 0.325 e. The molecule has 0 aliphatic rings. The maximum absolute atomic E-state index is 11.6. The van der Waals surface area contributed by atoms with Gasteiger partial charge < -0.3 is 9.30 Å². The predicted molar refractivity (Wildman–Crippen MR) is 73.3 cm³/mol. The highest BCUT2D eigenvalue weighted by Gasteiger charge is 2.16. The zero-order chi connectivity index (χ0) is 14.0. The van der Waals surface area contributed by atoms with Crippen LogP contribution in [0.3, 0.4) is 0 Å². The predicted octanol–water partition coefficient (Wildman–Crippen LogP) is 3.38. The van der Waals surface area contributed by atoms with Crippen molar-refractivity contribution in [3.05, 3.63) is 33.9 Å². The molecule has 0 saturated carbocycles. The number of halogens is 2. The number of esters is 1. The largest absolute Gasteiger partial charge is 0.465 e. The summed E-state index contributed by atoms with van der Waals surface area (Å²) in [5, 5.41) is 10.6. The molecule has 0 atom stereocenters. The topological polar surface area (TPSA) is 55.0 Å². The Bertz CT molecular complexity index is 686. The first-order chi connectivity index (χ1) is 9.08. The fraction of sp³-hybridized carbons (Fsp3) is 0.231. The van der Waals surface area contributed by atoms with Crippen LogP contribution in [0.4, 0.5) is 0 Å². The Morgan fingerprint density at radius 2 is 2.21 bits per heavy atom. The summed E-state index contributed by atoms with van der Waals surface area (Å²) >= 11 is 12.1. The molecule has 0 amide bonds. The van der Waals surface area contributed by atoms with E-state index in [1.165, 1.54) is 4.57 Å². The van der Waals surface area contributed by atoms with E-state index < -0.39 is 5.97 Å². The van der Waals surface area contributed by atoms with E-state index in [1.54, 1.807) is 25.1 Å². The van der Waals surface area contributed by atoms with Gasteiger partial charge in [-0.15, -0.1) is 0 Å². The Morgan fingerprint density at radius 3 is 2.84 bits per heavy atom. The van der Waals surface area contributed by atoms with Gasteiger partial charge in [-0.05, 0) is 19.1 Å². The number of carbonyl (C=O) groups excluding carboxylic acids is 1. The lowest BCUT2D eigenvalue weighted by Crippen LogP contribution is -2.14. The van der Waals surface area contributed by atoms with Crippen molar-refractivity contribution < 1.29 is 9.53 Å². The van der Waals surface area contributed by atoms with Crippen LogP contribution in [0, 0.1) is 11.3 Å². The molecular weight excluding hydrogens is 287 g/mol.